The summed E-state index contributed by atoms with van der Waals surface area (Å²) in [5, 5.41) is 11.7. The maximum atomic E-state index is 5.74. The standard InChI is InChI=1S/C25H32N6O2.HI/c1-3-24-29-28-19-31(24)14-13-27-25(26-12-11-20-7-5-4-6-8-20)30(2)18-21-9-10-22-23(17-21)33-16-15-32-22;/h4-10,17,19H,3,11-16,18H2,1-2H3,(H,26,27);1H. The Balaban J connectivity index is 0.00000324. The largest absolute Gasteiger partial charge is 0.486 e. The lowest BCUT2D eigenvalue weighted by atomic mass is 10.1. The van der Waals surface area contributed by atoms with E-state index < -0.39 is 0 Å². The predicted octanol–water partition coefficient (Wildman–Crippen LogP) is 3.55. The highest BCUT2D eigenvalue weighted by molar-refractivity contribution is 14.0. The lowest BCUT2D eigenvalue weighted by molar-refractivity contribution is 0.171. The van der Waals surface area contributed by atoms with Crippen LogP contribution in [0, 0.1) is 0 Å². The molecule has 0 radical (unpaired) electrons. The van der Waals surface area contributed by atoms with Crippen molar-refractivity contribution >= 4 is 29.9 Å². The van der Waals surface area contributed by atoms with Crippen LogP contribution in [0.15, 0.2) is 59.9 Å². The summed E-state index contributed by atoms with van der Waals surface area (Å²) < 4.78 is 13.5. The number of nitrogens with one attached hydrogen (secondary N) is 1. The van der Waals surface area contributed by atoms with E-state index >= 15 is 0 Å². The quantitative estimate of drug-likeness (QED) is 0.239. The molecule has 0 saturated heterocycles. The number of benzene rings is 2. The molecule has 0 fully saturated rings. The lowest BCUT2D eigenvalue weighted by Crippen LogP contribution is -2.40. The topological polar surface area (TPSA) is 76.8 Å². The summed E-state index contributed by atoms with van der Waals surface area (Å²) in [6, 6.07) is 16.6. The second-order valence-electron chi connectivity index (χ2n) is 8.00. The van der Waals surface area contributed by atoms with E-state index in [1.165, 1.54) is 5.56 Å². The molecule has 0 amide bonds. The minimum atomic E-state index is 0. The van der Waals surface area contributed by atoms with Gasteiger partial charge in [-0.3, -0.25) is 4.99 Å². The van der Waals surface area contributed by atoms with Gasteiger partial charge in [-0.1, -0.05) is 43.3 Å². The first-order valence-electron chi connectivity index (χ1n) is 11.5. The smallest absolute Gasteiger partial charge is 0.194 e. The third-order valence-electron chi connectivity index (χ3n) is 5.54. The maximum Gasteiger partial charge on any atom is 0.194 e. The van der Waals surface area contributed by atoms with Crippen molar-refractivity contribution in [3.63, 3.8) is 0 Å². The zero-order valence-corrected chi connectivity index (χ0v) is 22.1. The van der Waals surface area contributed by atoms with Crippen LogP contribution in [0.5, 0.6) is 11.5 Å². The van der Waals surface area contributed by atoms with Crippen LogP contribution in [-0.4, -0.2) is 59.0 Å². The van der Waals surface area contributed by atoms with Gasteiger partial charge in [-0.05, 0) is 29.7 Å². The summed E-state index contributed by atoms with van der Waals surface area (Å²) in [7, 11) is 2.06. The molecule has 0 saturated carbocycles. The molecule has 1 aromatic heterocycles. The Morgan fingerprint density at radius 2 is 1.88 bits per heavy atom. The highest BCUT2D eigenvalue weighted by Crippen LogP contribution is 2.31. The summed E-state index contributed by atoms with van der Waals surface area (Å²) in [6.07, 6.45) is 3.54. The molecule has 9 heteroatoms. The van der Waals surface area contributed by atoms with Crippen molar-refractivity contribution in [3.8, 4) is 11.5 Å². The second-order valence-corrected chi connectivity index (χ2v) is 8.00. The SMILES string of the molecule is CCc1nncn1CCNC(=NCCc1ccccc1)N(C)Cc1ccc2c(c1)OCCO2.I. The van der Waals surface area contributed by atoms with Crippen LogP contribution in [0.25, 0.3) is 0 Å². The summed E-state index contributed by atoms with van der Waals surface area (Å²) >= 11 is 0. The van der Waals surface area contributed by atoms with Gasteiger partial charge in [0.2, 0.25) is 0 Å². The molecule has 3 aromatic rings. The summed E-state index contributed by atoms with van der Waals surface area (Å²) in [5.74, 6) is 3.47. The van der Waals surface area contributed by atoms with Gasteiger partial charge in [0.05, 0.1) is 0 Å². The van der Waals surface area contributed by atoms with Crippen molar-refractivity contribution in [3.05, 3.63) is 71.8 Å². The highest BCUT2D eigenvalue weighted by Gasteiger charge is 2.14. The van der Waals surface area contributed by atoms with E-state index in [-0.39, 0.29) is 24.0 Å². The molecule has 1 aliphatic rings. The van der Waals surface area contributed by atoms with E-state index in [1.807, 2.05) is 12.1 Å². The van der Waals surface area contributed by atoms with E-state index in [0.29, 0.717) is 26.3 Å². The summed E-state index contributed by atoms with van der Waals surface area (Å²) in [4.78, 5) is 7.04. The molecule has 1 aliphatic heterocycles. The molecule has 0 bridgehead atoms. The lowest BCUT2D eigenvalue weighted by Gasteiger charge is -2.24. The molecular formula is C25H33IN6O2. The van der Waals surface area contributed by atoms with Gasteiger partial charge in [-0.2, -0.15) is 0 Å². The number of hydrogen-bond acceptors (Lipinski definition) is 5. The zero-order chi connectivity index (χ0) is 22.9. The summed E-state index contributed by atoms with van der Waals surface area (Å²) in [5.41, 5.74) is 2.43. The molecule has 1 N–H and O–H groups in total. The Morgan fingerprint density at radius 1 is 1.09 bits per heavy atom. The molecule has 2 aromatic carbocycles. The first kappa shape index (κ1) is 25.8. The molecule has 4 rings (SSSR count). The average molecular weight is 576 g/mol. The Labute approximate surface area is 218 Å². The predicted molar refractivity (Wildman–Crippen MR) is 144 cm³/mol. The van der Waals surface area contributed by atoms with Crippen molar-refractivity contribution < 1.29 is 9.47 Å². The summed E-state index contributed by atoms with van der Waals surface area (Å²) in [6.45, 7) is 6.22. The fraction of sp³-hybridized carbons (Fsp3) is 0.400. The first-order chi connectivity index (χ1) is 16.2. The van der Waals surface area contributed by atoms with Gasteiger partial charge in [-0.15, -0.1) is 34.2 Å². The zero-order valence-electron chi connectivity index (χ0n) is 19.8. The van der Waals surface area contributed by atoms with Crippen LogP contribution in [0.3, 0.4) is 0 Å². The fourth-order valence-electron chi connectivity index (χ4n) is 3.81. The molecule has 8 nitrogen and oxygen atoms in total. The third kappa shape index (κ3) is 7.09. The van der Waals surface area contributed by atoms with Crippen LogP contribution in [0.2, 0.25) is 0 Å². The Kier molecular flexibility index (Phi) is 9.99. The number of halogens is 1. The fourth-order valence-corrected chi connectivity index (χ4v) is 3.81. The molecule has 0 unspecified atom stereocenters. The number of fused-ring (bicyclic) bond motifs is 1. The number of hydrogen-bond donors (Lipinski definition) is 1. The Bertz CT molecular complexity index is 1060. The average Bonchev–Trinajstić information content (AvgIpc) is 3.31. The van der Waals surface area contributed by atoms with Crippen molar-refractivity contribution in [1.82, 2.24) is 25.0 Å². The highest BCUT2D eigenvalue weighted by atomic mass is 127. The normalized spacial score (nSPS) is 12.7. The van der Waals surface area contributed by atoms with Crippen molar-refractivity contribution in [2.45, 2.75) is 32.9 Å². The number of aliphatic imine (C=N–C) groups is 1. The third-order valence-corrected chi connectivity index (χ3v) is 5.54. The minimum absolute atomic E-state index is 0. The number of aromatic nitrogens is 3. The van der Waals surface area contributed by atoms with Crippen LogP contribution in [0.4, 0.5) is 0 Å². The van der Waals surface area contributed by atoms with Crippen LogP contribution < -0.4 is 14.8 Å². The van der Waals surface area contributed by atoms with Gasteiger partial charge in [0.25, 0.3) is 0 Å². The van der Waals surface area contributed by atoms with E-state index in [2.05, 4.69) is 75.4 Å². The minimum Gasteiger partial charge on any atom is -0.486 e. The van der Waals surface area contributed by atoms with Gasteiger partial charge in [-0.25, -0.2) is 0 Å². The molecule has 182 valence electrons. The Morgan fingerprint density at radius 3 is 2.68 bits per heavy atom. The van der Waals surface area contributed by atoms with Crippen molar-refractivity contribution in [1.29, 1.82) is 0 Å². The van der Waals surface area contributed by atoms with E-state index in [1.54, 1.807) is 6.33 Å². The van der Waals surface area contributed by atoms with Gasteiger partial charge < -0.3 is 24.3 Å². The van der Waals surface area contributed by atoms with E-state index in [0.717, 1.165) is 54.8 Å². The first-order valence-corrected chi connectivity index (χ1v) is 11.5. The van der Waals surface area contributed by atoms with Crippen LogP contribution in [0.1, 0.15) is 23.9 Å². The van der Waals surface area contributed by atoms with E-state index in [9.17, 15) is 0 Å². The van der Waals surface area contributed by atoms with E-state index in [4.69, 9.17) is 14.5 Å². The molecular weight excluding hydrogens is 543 g/mol. The molecule has 0 aliphatic carbocycles. The molecule has 0 spiro atoms. The number of guanidine groups is 1. The van der Waals surface area contributed by atoms with Gasteiger partial charge in [0.1, 0.15) is 25.4 Å². The van der Waals surface area contributed by atoms with Crippen LogP contribution >= 0.6 is 24.0 Å². The molecule has 0 atom stereocenters. The monoisotopic (exact) mass is 576 g/mol. The number of ether oxygens (including phenoxy) is 2. The van der Waals surface area contributed by atoms with Crippen molar-refractivity contribution in [2.75, 3.05) is 33.4 Å². The molecule has 34 heavy (non-hydrogen) atoms. The number of nitrogens with zero attached hydrogens (tertiary/aromatic N) is 5. The maximum absolute atomic E-state index is 5.74. The second kappa shape index (κ2) is 13.2. The molecule has 2 heterocycles. The van der Waals surface area contributed by atoms with Gasteiger partial charge >= 0.3 is 0 Å². The van der Waals surface area contributed by atoms with Gasteiger partial charge in [0.15, 0.2) is 17.5 Å². The van der Waals surface area contributed by atoms with Crippen LogP contribution in [-0.2, 0) is 25.9 Å². The number of aryl methyl sites for hydroxylation is 1. The number of rotatable bonds is 9. The van der Waals surface area contributed by atoms with Gasteiger partial charge in [0, 0.05) is 39.6 Å². The van der Waals surface area contributed by atoms with Crippen molar-refractivity contribution in [2.24, 2.45) is 4.99 Å². The Hall–Kier alpha value is -2.82.